The molecule has 0 spiro atoms. The molecule has 0 aliphatic rings. The fourth-order valence-corrected chi connectivity index (χ4v) is 0.421. The summed E-state index contributed by atoms with van der Waals surface area (Å²) in [6.45, 7) is 7.44. The van der Waals surface area contributed by atoms with E-state index in [1.807, 2.05) is 13.8 Å². The molecule has 0 aromatic carbocycles. The molecule has 0 aliphatic carbocycles. The summed E-state index contributed by atoms with van der Waals surface area (Å²) >= 11 is 0. The van der Waals surface area contributed by atoms with Gasteiger partial charge in [-0.2, -0.15) is 0 Å². The maximum atomic E-state index is 10.0. The van der Waals surface area contributed by atoms with Crippen LogP contribution in [0.5, 0.6) is 0 Å². The summed E-state index contributed by atoms with van der Waals surface area (Å²) in [6, 6.07) is -0.733. The van der Waals surface area contributed by atoms with Crippen LogP contribution in [-0.2, 0) is 4.79 Å². The Labute approximate surface area is 67.9 Å². The molecule has 1 atom stereocenters. The molecule has 0 bridgehead atoms. The topological polar surface area (TPSA) is 63.3 Å². The fourth-order valence-electron chi connectivity index (χ4n) is 0.421. The Morgan fingerprint density at radius 3 is 2.45 bits per heavy atom. The normalized spacial score (nSPS) is 10.8. The molecule has 0 radical (unpaired) electrons. The van der Waals surface area contributed by atoms with Gasteiger partial charge in [0.25, 0.3) is 0 Å². The number of nitrogens with two attached hydrogens (primary N) is 1. The van der Waals surface area contributed by atoms with Gasteiger partial charge in [0.1, 0.15) is 6.04 Å². The van der Waals surface area contributed by atoms with Gasteiger partial charge < -0.3 is 10.8 Å². The van der Waals surface area contributed by atoms with E-state index in [9.17, 15) is 4.79 Å². The third-order valence-corrected chi connectivity index (χ3v) is 0.999. The van der Waals surface area contributed by atoms with Gasteiger partial charge in [0.15, 0.2) is 0 Å². The first kappa shape index (κ1) is 12.8. The van der Waals surface area contributed by atoms with Crippen molar-refractivity contribution in [3.8, 4) is 0 Å². The van der Waals surface area contributed by atoms with Crippen LogP contribution in [0.2, 0.25) is 0 Å². The van der Waals surface area contributed by atoms with Crippen molar-refractivity contribution in [1.82, 2.24) is 0 Å². The Hall–Kier alpha value is -0.830. The Morgan fingerprint density at radius 2 is 2.18 bits per heavy atom. The Balaban J connectivity index is 0. The molecule has 0 aromatic heterocycles. The third kappa shape index (κ3) is 9.17. The van der Waals surface area contributed by atoms with E-state index in [0.29, 0.717) is 12.8 Å². The number of hydrogen-bond acceptors (Lipinski definition) is 2. The SMILES string of the molecule is C=CCCC(N)C(=O)O.CC. The minimum atomic E-state index is -0.947. The molecule has 0 saturated heterocycles. The van der Waals surface area contributed by atoms with Crippen molar-refractivity contribution in [3.63, 3.8) is 0 Å². The molecular weight excluding hydrogens is 142 g/mol. The van der Waals surface area contributed by atoms with Gasteiger partial charge in [-0.1, -0.05) is 19.9 Å². The van der Waals surface area contributed by atoms with Crippen molar-refractivity contribution in [2.75, 3.05) is 0 Å². The first-order valence-corrected chi connectivity index (χ1v) is 3.77. The molecule has 0 aliphatic heterocycles. The average molecular weight is 159 g/mol. The van der Waals surface area contributed by atoms with Crippen LogP contribution in [0.25, 0.3) is 0 Å². The summed E-state index contributed by atoms with van der Waals surface area (Å²) in [4.78, 5) is 10.0. The number of hydrogen-bond donors (Lipinski definition) is 2. The highest BCUT2D eigenvalue weighted by molar-refractivity contribution is 5.72. The second-order valence-electron chi connectivity index (χ2n) is 1.81. The van der Waals surface area contributed by atoms with E-state index in [0.717, 1.165) is 0 Å². The highest BCUT2D eigenvalue weighted by atomic mass is 16.4. The van der Waals surface area contributed by atoms with Crippen LogP contribution in [0.1, 0.15) is 26.7 Å². The molecular formula is C8H17NO2. The molecule has 0 fully saturated rings. The number of carboxylic acids is 1. The fraction of sp³-hybridized carbons (Fsp3) is 0.625. The second-order valence-corrected chi connectivity index (χ2v) is 1.81. The lowest BCUT2D eigenvalue weighted by atomic mass is 10.2. The summed E-state index contributed by atoms with van der Waals surface area (Å²) in [5.41, 5.74) is 5.16. The molecule has 3 N–H and O–H groups in total. The van der Waals surface area contributed by atoms with E-state index in [4.69, 9.17) is 10.8 Å². The smallest absolute Gasteiger partial charge is 0.320 e. The van der Waals surface area contributed by atoms with Gasteiger partial charge >= 0.3 is 5.97 Å². The van der Waals surface area contributed by atoms with Gasteiger partial charge in [0, 0.05) is 0 Å². The van der Waals surface area contributed by atoms with Gasteiger partial charge in [0.05, 0.1) is 0 Å². The van der Waals surface area contributed by atoms with E-state index in [1.54, 1.807) is 6.08 Å². The first-order chi connectivity index (χ1) is 5.18. The van der Waals surface area contributed by atoms with Gasteiger partial charge in [0.2, 0.25) is 0 Å². The van der Waals surface area contributed by atoms with Crippen LogP contribution in [0.15, 0.2) is 12.7 Å². The molecule has 0 amide bonds. The minimum Gasteiger partial charge on any atom is -0.480 e. The lowest BCUT2D eigenvalue weighted by Crippen LogP contribution is -2.29. The zero-order valence-electron chi connectivity index (χ0n) is 7.21. The minimum absolute atomic E-state index is 0.471. The molecule has 0 rings (SSSR count). The average Bonchev–Trinajstić information content (AvgIpc) is 2.03. The Morgan fingerprint density at radius 1 is 1.73 bits per heavy atom. The highest BCUT2D eigenvalue weighted by Crippen LogP contribution is 1.93. The van der Waals surface area contributed by atoms with E-state index in [2.05, 4.69) is 6.58 Å². The molecule has 0 saturated carbocycles. The van der Waals surface area contributed by atoms with Crippen molar-refractivity contribution < 1.29 is 9.90 Å². The third-order valence-electron chi connectivity index (χ3n) is 0.999. The zero-order valence-corrected chi connectivity index (χ0v) is 7.21. The number of carboxylic acid groups (broad SMARTS) is 1. The molecule has 11 heavy (non-hydrogen) atoms. The highest BCUT2D eigenvalue weighted by Gasteiger charge is 2.08. The van der Waals surface area contributed by atoms with Crippen LogP contribution in [0.4, 0.5) is 0 Å². The number of carbonyl (C=O) groups is 1. The zero-order chi connectivity index (χ0) is 9.28. The van der Waals surface area contributed by atoms with E-state index < -0.39 is 12.0 Å². The molecule has 0 heterocycles. The molecule has 0 aromatic rings. The molecule has 3 heteroatoms. The summed E-state index contributed by atoms with van der Waals surface area (Å²) in [6.07, 6.45) is 2.79. The van der Waals surface area contributed by atoms with Crippen LogP contribution in [0, 0.1) is 0 Å². The number of aliphatic carboxylic acids is 1. The monoisotopic (exact) mass is 159 g/mol. The molecule has 66 valence electrons. The maximum Gasteiger partial charge on any atom is 0.320 e. The van der Waals surface area contributed by atoms with Gasteiger partial charge in [-0.15, -0.1) is 6.58 Å². The standard InChI is InChI=1S/C6H11NO2.C2H6/c1-2-3-4-5(7)6(8)9;1-2/h2,5H,1,3-4,7H2,(H,8,9);1-2H3. The predicted octanol–water partition coefficient (Wildman–Crippen LogP) is 1.39. The van der Waals surface area contributed by atoms with E-state index in [-0.39, 0.29) is 0 Å². The van der Waals surface area contributed by atoms with Crippen molar-refractivity contribution in [2.45, 2.75) is 32.7 Å². The van der Waals surface area contributed by atoms with Gasteiger partial charge in [-0.3, -0.25) is 4.79 Å². The number of allylic oxidation sites excluding steroid dienone is 1. The quantitative estimate of drug-likeness (QED) is 0.609. The summed E-state index contributed by atoms with van der Waals surface area (Å²) < 4.78 is 0. The van der Waals surface area contributed by atoms with Crippen LogP contribution < -0.4 is 5.73 Å². The second kappa shape index (κ2) is 9.17. The summed E-state index contributed by atoms with van der Waals surface area (Å²) in [5, 5.41) is 8.25. The van der Waals surface area contributed by atoms with Crippen molar-refractivity contribution >= 4 is 5.97 Å². The summed E-state index contributed by atoms with van der Waals surface area (Å²) in [7, 11) is 0. The largest absolute Gasteiger partial charge is 0.480 e. The first-order valence-electron chi connectivity index (χ1n) is 3.77. The van der Waals surface area contributed by atoms with Crippen LogP contribution in [0.3, 0.4) is 0 Å². The lowest BCUT2D eigenvalue weighted by molar-refractivity contribution is -0.138. The molecule has 1 unspecified atom stereocenters. The maximum absolute atomic E-state index is 10.0. The summed E-state index contributed by atoms with van der Waals surface area (Å²) in [5.74, 6) is -0.947. The lowest BCUT2D eigenvalue weighted by Gasteiger charge is -2.01. The van der Waals surface area contributed by atoms with Crippen molar-refractivity contribution in [3.05, 3.63) is 12.7 Å². The van der Waals surface area contributed by atoms with Gasteiger partial charge in [-0.05, 0) is 12.8 Å². The van der Waals surface area contributed by atoms with Crippen LogP contribution in [-0.4, -0.2) is 17.1 Å². The number of rotatable bonds is 4. The van der Waals surface area contributed by atoms with E-state index in [1.165, 1.54) is 0 Å². The van der Waals surface area contributed by atoms with Gasteiger partial charge in [-0.25, -0.2) is 0 Å². The van der Waals surface area contributed by atoms with E-state index >= 15 is 0 Å². The van der Waals surface area contributed by atoms with Crippen LogP contribution >= 0.6 is 0 Å². The van der Waals surface area contributed by atoms with Crippen molar-refractivity contribution in [1.29, 1.82) is 0 Å². The van der Waals surface area contributed by atoms with Crippen molar-refractivity contribution in [2.24, 2.45) is 5.73 Å². The predicted molar refractivity (Wildman–Crippen MR) is 46.4 cm³/mol. The Kier molecular flexibility index (Phi) is 10.7. The molecule has 3 nitrogen and oxygen atoms in total. The Bertz CT molecular complexity index is 113.